The first-order valence-corrected chi connectivity index (χ1v) is 4.91. The second-order valence-electron chi connectivity index (χ2n) is 3.30. The normalized spacial score (nSPS) is 10.2. The maximum absolute atomic E-state index is 10.9. The fourth-order valence-corrected chi connectivity index (χ4v) is 1.30. The summed E-state index contributed by atoms with van der Waals surface area (Å²) in [6, 6.07) is 6.37. The Labute approximate surface area is 96.9 Å². The maximum atomic E-state index is 10.9. The zero-order valence-electron chi connectivity index (χ0n) is 9.08. The highest BCUT2D eigenvalue weighted by Crippen LogP contribution is 2.18. The van der Waals surface area contributed by atoms with Crippen LogP contribution in [0, 0.1) is 6.92 Å². The number of aromatic nitrogens is 2. The fraction of sp³-hybridized carbons (Fsp3) is 0.182. The Morgan fingerprint density at radius 3 is 2.82 bits per heavy atom. The molecular weight excluding hydrogens is 224 g/mol. The van der Waals surface area contributed by atoms with Crippen LogP contribution in [0.25, 0.3) is 0 Å². The first kappa shape index (κ1) is 11.1. The van der Waals surface area contributed by atoms with Gasteiger partial charge in [0.2, 0.25) is 5.89 Å². The smallest absolute Gasteiger partial charge is 0.339 e. The van der Waals surface area contributed by atoms with Gasteiger partial charge in [-0.1, -0.05) is 12.1 Å². The van der Waals surface area contributed by atoms with Gasteiger partial charge in [-0.3, -0.25) is 0 Å². The Morgan fingerprint density at radius 1 is 1.41 bits per heavy atom. The van der Waals surface area contributed by atoms with Crippen molar-refractivity contribution in [2.75, 3.05) is 0 Å². The summed E-state index contributed by atoms with van der Waals surface area (Å²) in [6.45, 7) is 1.72. The SMILES string of the molecule is Cc1nnc(COc2ccccc2C(=O)O)o1. The maximum Gasteiger partial charge on any atom is 0.339 e. The number of nitrogens with zero attached hydrogens (tertiary/aromatic N) is 2. The van der Waals surface area contributed by atoms with Gasteiger partial charge < -0.3 is 14.3 Å². The van der Waals surface area contributed by atoms with Gasteiger partial charge in [-0.15, -0.1) is 10.2 Å². The monoisotopic (exact) mass is 234 g/mol. The molecule has 0 unspecified atom stereocenters. The highest BCUT2D eigenvalue weighted by atomic mass is 16.5. The Kier molecular flexibility index (Phi) is 3.04. The summed E-state index contributed by atoms with van der Waals surface area (Å²) in [4.78, 5) is 10.9. The average molecular weight is 234 g/mol. The van der Waals surface area contributed by atoms with Crippen molar-refractivity contribution in [2.24, 2.45) is 0 Å². The molecule has 0 radical (unpaired) electrons. The van der Waals surface area contributed by atoms with E-state index in [1.165, 1.54) is 6.07 Å². The number of hydrogen-bond donors (Lipinski definition) is 1. The fourth-order valence-electron chi connectivity index (χ4n) is 1.30. The number of rotatable bonds is 4. The third kappa shape index (κ3) is 2.60. The topological polar surface area (TPSA) is 85.5 Å². The van der Waals surface area contributed by atoms with E-state index in [1.807, 2.05) is 0 Å². The van der Waals surface area contributed by atoms with Gasteiger partial charge in [0.25, 0.3) is 5.89 Å². The molecule has 0 amide bonds. The van der Waals surface area contributed by atoms with Gasteiger partial charge >= 0.3 is 5.97 Å². The minimum Gasteiger partial charge on any atom is -0.483 e. The van der Waals surface area contributed by atoms with Crippen LogP contribution in [-0.4, -0.2) is 21.3 Å². The number of ether oxygens (including phenoxy) is 1. The Morgan fingerprint density at radius 2 is 2.18 bits per heavy atom. The second-order valence-corrected chi connectivity index (χ2v) is 3.30. The zero-order valence-corrected chi connectivity index (χ0v) is 9.08. The van der Waals surface area contributed by atoms with Gasteiger partial charge in [0, 0.05) is 6.92 Å². The Hall–Kier alpha value is -2.37. The summed E-state index contributed by atoms with van der Waals surface area (Å²) >= 11 is 0. The summed E-state index contributed by atoms with van der Waals surface area (Å²) in [5.41, 5.74) is 0.101. The summed E-state index contributed by atoms with van der Waals surface area (Å²) in [5.74, 6) is -0.0176. The van der Waals surface area contributed by atoms with E-state index in [2.05, 4.69) is 10.2 Å². The number of hydrogen-bond acceptors (Lipinski definition) is 5. The van der Waals surface area contributed by atoms with E-state index in [-0.39, 0.29) is 17.9 Å². The third-order valence-electron chi connectivity index (χ3n) is 2.04. The van der Waals surface area contributed by atoms with Gasteiger partial charge in [0.05, 0.1) is 0 Å². The van der Waals surface area contributed by atoms with Crippen LogP contribution in [0.3, 0.4) is 0 Å². The second kappa shape index (κ2) is 4.65. The number of aromatic carboxylic acids is 1. The lowest BCUT2D eigenvalue weighted by Crippen LogP contribution is -2.03. The molecule has 0 aliphatic rings. The lowest BCUT2D eigenvalue weighted by Gasteiger charge is -2.06. The lowest BCUT2D eigenvalue weighted by atomic mass is 10.2. The molecule has 88 valence electrons. The largest absolute Gasteiger partial charge is 0.483 e. The van der Waals surface area contributed by atoms with Gasteiger partial charge in [0.15, 0.2) is 6.61 Å². The standard InChI is InChI=1S/C11H10N2O4/c1-7-12-13-10(17-7)6-16-9-5-3-2-4-8(9)11(14)15/h2-5H,6H2,1H3,(H,14,15). The Bertz CT molecular complexity index is 536. The van der Waals surface area contributed by atoms with Crippen LogP contribution >= 0.6 is 0 Å². The number of carbonyl (C=O) groups is 1. The molecule has 0 aliphatic heterocycles. The van der Waals surface area contributed by atoms with E-state index in [9.17, 15) is 4.79 Å². The molecule has 0 saturated heterocycles. The molecule has 2 rings (SSSR count). The molecule has 1 aromatic carbocycles. The molecular formula is C11H10N2O4. The summed E-state index contributed by atoms with van der Waals surface area (Å²) < 4.78 is 10.4. The molecule has 1 N–H and O–H groups in total. The van der Waals surface area contributed by atoms with Gasteiger partial charge in [-0.2, -0.15) is 0 Å². The molecule has 6 nitrogen and oxygen atoms in total. The molecule has 0 bridgehead atoms. The van der Waals surface area contributed by atoms with Crippen LogP contribution in [0.15, 0.2) is 28.7 Å². The van der Waals surface area contributed by atoms with Crippen molar-refractivity contribution >= 4 is 5.97 Å². The van der Waals surface area contributed by atoms with Crippen molar-refractivity contribution in [2.45, 2.75) is 13.5 Å². The van der Waals surface area contributed by atoms with E-state index >= 15 is 0 Å². The summed E-state index contributed by atoms with van der Waals surface area (Å²) in [7, 11) is 0. The first-order chi connectivity index (χ1) is 8.16. The molecule has 0 spiro atoms. The van der Waals surface area contributed by atoms with Crippen molar-refractivity contribution in [3.63, 3.8) is 0 Å². The van der Waals surface area contributed by atoms with Crippen LogP contribution in [0.2, 0.25) is 0 Å². The van der Waals surface area contributed by atoms with Crippen molar-refractivity contribution in [3.05, 3.63) is 41.6 Å². The Balaban J connectivity index is 2.11. The van der Waals surface area contributed by atoms with E-state index < -0.39 is 5.97 Å². The molecule has 0 fully saturated rings. The quantitative estimate of drug-likeness (QED) is 0.865. The number of carboxylic acid groups (broad SMARTS) is 1. The highest BCUT2D eigenvalue weighted by molar-refractivity contribution is 5.90. The molecule has 6 heteroatoms. The summed E-state index contributed by atoms with van der Waals surface area (Å²) in [6.07, 6.45) is 0. The molecule has 2 aromatic rings. The molecule has 1 aromatic heterocycles. The third-order valence-corrected chi connectivity index (χ3v) is 2.04. The molecule has 0 saturated carbocycles. The minimum atomic E-state index is -1.04. The number of aryl methyl sites for hydroxylation is 1. The van der Waals surface area contributed by atoms with Crippen LogP contribution in [0.1, 0.15) is 22.1 Å². The van der Waals surface area contributed by atoms with Crippen molar-refractivity contribution in [1.82, 2.24) is 10.2 Å². The lowest BCUT2D eigenvalue weighted by molar-refractivity contribution is 0.0691. The number of carboxylic acids is 1. The zero-order chi connectivity index (χ0) is 12.3. The predicted octanol–water partition coefficient (Wildman–Crippen LogP) is 1.66. The van der Waals surface area contributed by atoms with Crippen LogP contribution < -0.4 is 4.74 Å². The van der Waals surface area contributed by atoms with E-state index in [1.54, 1.807) is 25.1 Å². The molecule has 0 atom stereocenters. The molecule has 0 aliphatic carbocycles. The number of benzene rings is 1. The highest BCUT2D eigenvalue weighted by Gasteiger charge is 2.11. The molecule has 1 heterocycles. The average Bonchev–Trinajstić information content (AvgIpc) is 2.73. The molecule has 17 heavy (non-hydrogen) atoms. The van der Waals surface area contributed by atoms with Gasteiger partial charge in [0.1, 0.15) is 11.3 Å². The predicted molar refractivity (Wildman–Crippen MR) is 56.8 cm³/mol. The number of para-hydroxylation sites is 1. The van der Waals surface area contributed by atoms with E-state index in [0.717, 1.165) is 0 Å². The summed E-state index contributed by atoms with van der Waals surface area (Å²) in [5, 5.41) is 16.3. The van der Waals surface area contributed by atoms with Crippen molar-refractivity contribution in [3.8, 4) is 5.75 Å². The van der Waals surface area contributed by atoms with Gasteiger partial charge in [-0.05, 0) is 12.1 Å². The van der Waals surface area contributed by atoms with Crippen molar-refractivity contribution < 1.29 is 19.1 Å². The van der Waals surface area contributed by atoms with Crippen LogP contribution in [0.5, 0.6) is 5.75 Å². The first-order valence-electron chi connectivity index (χ1n) is 4.91. The van der Waals surface area contributed by atoms with E-state index in [4.69, 9.17) is 14.3 Å². The van der Waals surface area contributed by atoms with Crippen LogP contribution in [-0.2, 0) is 6.61 Å². The van der Waals surface area contributed by atoms with Gasteiger partial charge in [-0.25, -0.2) is 4.79 Å². The van der Waals surface area contributed by atoms with Crippen molar-refractivity contribution in [1.29, 1.82) is 0 Å². The minimum absolute atomic E-state index is 0.0468. The van der Waals surface area contributed by atoms with Crippen LogP contribution in [0.4, 0.5) is 0 Å². The van der Waals surface area contributed by atoms with E-state index in [0.29, 0.717) is 11.8 Å².